The van der Waals surface area contributed by atoms with Gasteiger partial charge >= 0.3 is 0 Å². The number of nitrogens with zero attached hydrogens (tertiary/aromatic N) is 4. The second kappa shape index (κ2) is 7.21. The quantitative estimate of drug-likeness (QED) is 0.770. The number of amides is 1. The van der Waals surface area contributed by atoms with Crippen molar-refractivity contribution in [1.29, 1.82) is 0 Å². The second-order valence-corrected chi connectivity index (χ2v) is 6.34. The normalized spacial score (nSPS) is 16.3. The first kappa shape index (κ1) is 16.7. The Morgan fingerprint density at radius 1 is 1.12 bits per heavy atom. The Labute approximate surface area is 155 Å². The number of benzene rings is 1. The van der Waals surface area contributed by atoms with Crippen LogP contribution in [0, 0.1) is 0 Å². The van der Waals surface area contributed by atoms with Gasteiger partial charge in [-0.1, -0.05) is 11.6 Å². The highest BCUT2D eigenvalue weighted by Gasteiger charge is 2.21. The van der Waals surface area contributed by atoms with Gasteiger partial charge in [0.2, 0.25) is 18.6 Å². The van der Waals surface area contributed by atoms with Crippen LogP contribution in [0.2, 0.25) is 5.02 Å². The fraction of sp³-hybridized carbons (Fsp3) is 0.278. The van der Waals surface area contributed by atoms with E-state index < -0.39 is 0 Å². The van der Waals surface area contributed by atoms with E-state index in [1.54, 1.807) is 36.7 Å². The number of anilines is 1. The summed E-state index contributed by atoms with van der Waals surface area (Å²) < 4.78 is 10.6. The van der Waals surface area contributed by atoms with E-state index in [0.717, 1.165) is 5.56 Å². The molecule has 0 spiro atoms. The minimum Gasteiger partial charge on any atom is -0.454 e. The van der Waals surface area contributed by atoms with E-state index in [2.05, 4.69) is 14.9 Å². The fourth-order valence-corrected chi connectivity index (χ4v) is 3.21. The Hall–Kier alpha value is -2.80. The van der Waals surface area contributed by atoms with E-state index >= 15 is 0 Å². The molecular formula is C18H17ClN4O3. The van der Waals surface area contributed by atoms with Crippen LogP contribution in [0.1, 0.15) is 5.56 Å². The third-order valence-corrected chi connectivity index (χ3v) is 4.57. The number of ether oxygens (including phenoxy) is 2. The predicted octanol–water partition coefficient (Wildman–Crippen LogP) is 2.22. The largest absolute Gasteiger partial charge is 0.454 e. The number of halogens is 1. The third kappa shape index (κ3) is 3.43. The molecule has 2 aliphatic heterocycles. The molecule has 1 saturated heterocycles. The maximum atomic E-state index is 12.4. The monoisotopic (exact) mass is 372 g/mol. The zero-order valence-electron chi connectivity index (χ0n) is 14.0. The van der Waals surface area contributed by atoms with Crippen molar-refractivity contribution in [3.8, 4) is 11.5 Å². The summed E-state index contributed by atoms with van der Waals surface area (Å²) in [5, 5.41) is 0.476. The number of hydrogen-bond donors (Lipinski definition) is 0. The Morgan fingerprint density at radius 2 is 1.88 bits per heavy atom. The molecule has 0 N–H and O–H groups in total. The molecule has 0 aliphatic carbocycles. The molecule has 0 radical (unpaired) electrons. The molecule has 1 fully saturated rings. The summed E-state index contributed by atoms with van der Waals surface area (Å²) in [5.41, 5.74) is 0.795. The van der Waals surface area contributed by atoms with Gasteiger partial charge in [-0.3, -0.25) is 4.79 Å². The van der Waals surface area contributed by atoms with Crippen molar-refractivity contribution in [3.05, 3.63) is 47.3 Å². The first-order valence-electron chi connectivity index (χ1n) is 8.29. The molecule has 0 atom stereocenters. The Balaban J connectivity index is 1.37. The van der Waals surface area contributed by atoms with E-state index in [0.29, 0.717) is 48.6 Å². The molecule has 0 bridgehead atoms. The number of aromatic nitrogens is 2. The topological polar surface area (TPSA) is 67.8 Å². The van der Waals surface area contributed by atoms with Crippen LogP contribution in [0.25, 0.3) is 6.08 Å². The summed E-state index contributed by atoms with van der Waals surface area (Å²) in [6.07, 6.45) is 6.74. The minimum absolute atomic E-state index is 0.0348. The van der Waals surface area contributed by atoms with Gasteiger partial charge in [0.25, 0.3) is 0 Å². The highest BCUT2D eigenvalue weighted by molar-refractivity contribution is 6.32. The lowest BCUT2D eigenvalue weighted by Crippen LogP contribution is -2.48. The summed E-state index contributed by atoms with van der Waals surface area (Å²) >= 11 is 6.16. The number of carbonyl (C=O) groups excluding carboxylic acids is 1. The van der Waals surface area contributed by atoms with Crippen LogP contribution in [-0.2, 0) is 4.79 Å². The van der Waals surface area contributed by atoms with E-state index in [4.69, 9.17) is 21.1 Å². The lowest BCUT2D eigenvalue weighted by atomic mass is 10.2. The molecule has 3 heterocycles. The Bertz CT molecular complexity index is 836. The first-order chi connectivity index (χ1) is 12.7. The lowest BCUT2D eigenvalue weighted by Gasteiger charge is -2.34. The van der Waals surface area contributed by atoms with Crippen LogP contribution < -0.4 is 14.4 Å². The van der Waals surface area contributed by atoms with Crippen LogP contribution in [0.15, 0.2) is 36.7 Å². The molecule has 2 aromatic rings. The molecule has 4 rings (SSSR count). The van der Waals surface area contributed by atoms with Crippen molar-refractivity contribution in [2.24, 2.45) is 0 Å². The van der Waals surface area contributed by atoms with Gasteiger partial charge in [-0.15, -0.1) is 0 Å². The molecule has 2 aliphatic rings. The fourth-order valence-electron chi connectivity index (χ4n) is 2.94. The molecule has 1 amide bonds. The van der Waals surface area contributed by atoms with Crippen molar-refractivity contribution < 1.29 is 14.3 Å². The SMILES string of the molecule is O=C(/C=C/c1cc(Cl)c2c(c1)OCO2)N1CCN(c2ncccn2)CC1. The van der Waals surface area contributed by atoms with Crippen molar-refractivity contribution in [3.63, 3.8) is 0 Å². The van der Waals surface area contributed by atoms with Crippen LogP contribution in [-0.4, -0.2) is 53.7 Å². The Morgan fingerprint density at radius 3 is 2.65 bits per heavy atom. The number of carbonyl (C=O) groups is 1. The Kier molecular flexibility index (Phi) is 4.62. The predicted molar refractivity (Wildman–Crippen MR) is 97.4 cm³/mol. The maximum absolute atomic E-state index is 12.4. The van der Waals surface area contributed by atoms with Crippen LogP contribution in [0.3, 0.4) is 0 Å². The van der Waals surface area contributed by atoms with Crippen LogP contribution in [0.5, 0.6) is 11.5 Å². The summed E-state index contributed by atoms with van der Waals surface area (Å²) in [5.74, 6) is 1.81. The number of fused-ring (bicyclic) bond motifs is 1. The zero-order valence-corrected chi connectivity index (χ0v) is 14.7. The molecule has 7 nitrogen and oxygen atoms in total. The molecule has 1 aromatic carbocycles. The van der Waals surface area contributed by atoms with Gasteiger partial charge in [-0.25, -0.2) is 9.97 Å². The van der Waals surface area contributed by atoms with Crippen LogP contribution >= 0.6 is 11.6 Å². The van der Waals surface area contributed by atoms with Crippen LogP contribution in [0.4, 0.5) is 5.95 Å². The lowest BCUT2D eigenvalue weighted by molar-refractivity contribution is -0.126. The van der Waals surface area contributed by atoms with Crippen molar-refractivity contribution in [2.45, 2.75) is 0 Å². The van der Waals surface area contributed by atoms with E-state index in [1.165, 1.54) is 0 Å². The summed E-state index contributed by atoms with van der Waals surface area (Å²) in [6.45, 7) is 2.84. The van der Waals surface area contributed by atoms with Gasteiger partial charge in [0.1, 0.15) is 0 Å². The zero-order chi connectivity index (χ0) is 17.9. The van der Waals surface area contributed by atoms with E-state index in [1.807, 2.05) is 11.0 Å². The van der Waals surface area contributed by atoms with Gasteiger partial charge < -0.3 is 19.3 Å². The van der Waals surface area contributed by atoms with Gasteiger partial charge in [0.15, 0.2) is 11.5 Å². The summed E-state index contributed by atoms with van der Waals surface area (Å²) in [6, 6.07) is 5.35. The van der Waals surface area contributed by atoms with Gasteiger partial charge in [-0.2, -0.15) is 0 Å². The highest BCUT2D eigenvalue weighted by atomic mass is 35.5. The smallest absolute Gasteiger partial charge is 0.246 e. The molecule has 8 heteroatoms. The number of piperazine rings is 1. The molecular weight excluding hydrogens is 356 g/mol. The average molecular weight is 373 g/mol. The van der Waals surface area contributed by atoms with Crippen molar-refractivity contribution in [1.82, 2.24) is 14.9 Å². The molecule has 26 heavy (non-hydrogen) atoms. The summed E-state index contributed by atoms with van der Waals surface area (Å²) in [4.78, 5) is 24.8. The summed E-state index contributed by atoms with van der Waals surface area (Å²) in [7, 11) is 0. The van der Waals surface area contributed by atoms with Crippen molar-refractivity contribution in [2.75, 3.05) is 37.9 Å². The van der Waals surface area contributed by atoms with E-state index in [-0.39, 0.29) is 12.7 Å². The van der Waals surface area contributed by atoms with Gasteiger partial charge in [0, 0.05) is 44.6 Å². The minimum atomic E-state index is -0.0348. The standard InChI is InChI=1S/C18H17ClN4O3/c19-14-10-13(11-15-17(14)26-12-25-15)2-3-16(24)22-6-8-23(9-7-22)18-20-4-1-5-21-18/h1-5,10-11H,6-9,12H2/b3-2+. The molecule has 0 unspecified atom stereocenters. The molecule has 0 saturated carbocycles. The number of rotatable bonds is 3. The highest BCUT2D eigenvalue weighted by Crippen LogP contribution is 2.40. The van der Waals surface area contributed by atoms with Gasteiger partial charge in [0.05, 0.1) is 5.02 Å². The average Bonchev–Trinajstić information content (AvgIpc) is 3.16. The number of hydrogen-bond acceptors (Lipinski definition) is 6. The second-order valence-electron chi connectivity index (χ2n) is 5.93. The van der Waals surface area contributed by atoms with Crippen molar-refractivity contribution >= 4 is 29.5 Å². The molecule has 134 valence electrons. The molecule has 1 aromatic heterocycles. The maximum Gasteiger partial charge on any atom is 0.246 e. The van der Waals surface area contributed by atoms with E-state index in [9.17, 15) is 4.79 Å². The first-order valence-corrected chi connectivity index (χ1v) is 8.66. The third-order valence-electron chi connectivity index (χ3n) is 4.29. The van der Waals surface area contributed by atoms with Gasteiger partial charge in [-0.05, 0) is 29.8 Å².